The average Bonchev–Trinajstić information content (AvgIpc) is 2.80. The fourth-order valence-electron chi connectivity index (χ4n) is 4.43. The minimum atomic E-state index is -0.0326. The maximum absolute atomic E-state index is 12.6. The molecule has 0 unspecified atom stereocenters. The van der Waals surface area contributed by atoms with Gasteiger partial charge in [0.05, 0.1) is 0 Å². The van der Waals surface area contributed by atoms with Gasteiger partial charge in [0.2, 0.25) is 0 Å². The van der Waals surface area contributed by atoms with Crippen LogP contribution in [0, 0.1) is 0 Å². The molecule has 30 heavy (non-hydrogen) atoms. The van der Waals surface area contributed by atoms with Gasteiger partial charge in [-0.15, -0.1) is 0 Å². The Balaban J connectivity index is 1.13. The second kappa shape index (κ2) is 9.86. The van der Waals surface area contributed by atoms with Crippen molar-refractivity contribution in [3.8, 4) is 0 Å². The molecule has 2 aromatic carbocycles. The number of carbonyl (C=O) groups excluding carboxylic acids is 2. The molecule has 0 amide bonds. The third-order valence-electron chi connectivity index (χ3n) is 6.20. The SMILES string of the molecule is O=C1C=C(CCCCCCN2CCN(c3ccccc3)CC2)C(=O)c2ccccc21. The predicted molar refractivity (Wildman–Crippen MR) is 121 cm³/mol. The number of fused-ring (bicyclic) bond motifs is 1. The van der Waals surface area contributed by atoms with Gasteiger partial charge in [-0.3, -0.25) is 14.5 Å². The summed E-state index contributed by atoms with van der Waals surface area (Å²) >= 11 is 0. The van der Waals surface area contributed by atoms with Gasteiger partial charge in [0.1, 0.15) is 0 Å². The summed E-state index contributed by atoms with van der Waals surface area (Å²) in [5.74, 6) is -0.00340. The number of rotatable bonds is 8. The molecule has 156 valence electrons. The number of piperazine rings is 1. The Labute approximate surface area is 179 Å². The first-order chi connectivity index (χ1) is 14.7. The van der Waals surface area contributed by atoms with Crippen molar-refractivity contribution >= 4 is 17.3 Å². The number of benzene rings is 2. The van der Waals surface area contributed by atoms with Crippen molar-refractivity contribution in [3.63, 3.8) is 0 Å². The van der Waals surface area contributed by atoms with E-state index in [0.29, 0.717) is 23.1 Å². The molecule has 1 heterocycles. The number of carbonyl (C=O) groups is 2. The normalized spacial score (nSPS) is 17.1. The summed E-state index contributed by atoms with van der Waals surface area (Å²) in [5.41, 5.74) is 3.11. The van der Waals surface area contributed by atoms with Gasteiger partial charge >= 0.3 is 0 Å². The van der Waals surface area contributed by atoms with E-state index in [4.69, 9.17) is 0 Å². The Bertz CT molecular complexity index is 912. The van der Waals surface area contributed by atoms with E-state index in [-0.39, 0.29) is 11.6 Å². The summed E-state index contributed by atoms with van der Waals surface area (Å²) in [6.07, 6.45) is 6.69. The van der Waals surface area contributed by atoms with E-state index in [1.807, 2.05) is 12.1 Å². The van der Waals surface area contributed by atoms with Crippen LogP contribution in [-0.2, 0) is 0 Å². The second-order valence-corrected chi connectivity index (χ2v) is 8.24. The van der Waals surface area contributed by atoms with E-state index < -0.39 is 0 Å². The molecular weight excluding hydrogens is 372 g/mol. The fraction of sp³-hybridized carbons (Fsp3) is 0.385. The van der Waals surface area contributed by atoms with Crippen LogP contribution in [0.5, 0.6) is 0 Å². The number of hydrogen-bond acceptors (Lipinski definition) is 4. The lowest BCUT2D eigenvalue weighted by molar-refractivity contribution is 0.0981. The lowest BCUT2D eigenvalue weighted by Gasteiger charge is -2.36. The molecule has 0 atom stereocenters. The van der Waals surface area contributed by atoms with Crippen LogP contribution in [0.3, 0.4) is 0 Å². The quantitative estimate of drug-likeness (QED) is 0.597. The molecule has 1 aliphatic carbocycles. The van der Waals surface area contributed by atoms with Crippen molar-refractivity contribution in [2.24, 2.45) is 0 Å². The summed E-state index contributed by atoms with van der Waals surface area (Å²) in [6, 6.07) is 17.8. The predicted octanol–water partition coefficient (Wildman–Crippen LogP) is 4.76. The smallest absolute Gasteiger partial charge is 0.189 e. The summed E-state index contributed by atoms with van der Waals surface area (Å²) in [6.45, 7) is 5.58. The monoisotopic (exact) mass is 402 g/mol. The standard InChI is InChI=1S/C26H30N2O2/c29-25-20-21(26(30)24-14-8-7-13-23(24)25)10-4-1-2-9-15-27-16-18-28(19-17-27)22-11-5-3-6-12-22/h3,5-8,11-14,20H,1-2,4,9-10,15-19H2. The summed E-state index contributed by atoms with van der Waals surface area (Å²) in [5, 5.41) is 0. The summed E-state index contributed by atoms with van der Waals surface area (Å²) in [7, 11) is 0. The van der Waals surface area contributed by atoms with Crippen LogP contribution in [-0.4, -0.2) is 49.2 Å². The maximum Gasteiger partial charge on any atom is 0.189 e. The van der Waals surface area contributed by atoms with E-state index in [1.54, 1.807) is 18.2 Å². The zero-order valence-electron chi connectivity index (χ0n) is 17.6. The lowest BCUT2D eigenvalue weighted by atomic mass is 9.87. The highest BCUT2D eigenvalue weighted by molar-refractivity contribution is 6.24. The van der Waals surface area contributed by atoms with Crippen LogP contribution in [0.15, 0.2) is 66.2 Å². The van der Waals surface area contributed by atoms with Crippen LogP contribution < -0.4 is 4.90 Å². The molecule has 0 radical (unpaired) electrons. The van der Waals surface area contributed by atoms with E-state index in [0.717, 1.165) is 45.6 Å². The molecular formula is C26H30N2O2. The molecule has 4 rings (SSSR count). The van der Waals surface area contributed by atoms with Gasteiger partial charge in [0.25, 0.3) is 0 Å². The molecule has 0 aromatic heterocycles. The minimum Gasteiger partial charge on any atom is -0.369 e. The van der Waals surface area contributed by atoms with Crippen LogP contribution in [0.2, 0.25) is 0 Å². The maximum atomic E-state index is 12.6. The van der Waals surface area contributed by atoms with Gasteiger partial charge in [-0.05, 0) is 44.0 Å². The number of anilines is 1. The zero-order valence-corrected chi connectivity index (χ0v) is 17.6. The Morgan fingerprint density at radius 2 is 1.37 bits per heavy atom. The third-order valence-corrected chi connectivity index (χ3v) is 6.20. The first-order valence-electron chi connectivity index (χ1n) is 11.1. The molecule has 0 N–H and O–H groups in total. The first kappa shape index (κ1) is 20.5. The van der Waals surface area contributed by atoms with Crippen molar-refractivity contribution in [3.05, 3.63) is 77.4 Å². The number of para-hydroxylation sites is 1. The minimum absolute atomic E-state index is 0.0292. The molecule has 2 aromatic rings. The number of unbranched alkanes of at least 4 members (excludes halogenated alkanes) is 3. The van der Waals surface area contributed by atoms with Crippen molar-refractivity contribution < 1.29 is 9.59 Å². The van der Waals surface area contributed by atoms with Crippen LogP contribution >= 0.6 is 0 Å². The highest BCUT2D eigenvalue weighted by Gasteiger charge is 2.24. The highest BCUT2D eigenvalue weighted by Crippen LogP contribution is 2.24. The molecule has 0 saturated carbocycles. The van der Waals surface area contributed by atoms with Crippen LogP contribution in [0.25, 0.3) is 0 Å². The molecule has 1 fully saturated rings. The van der Waals surface area contributed by atoms with E-state index in [9.17, 15) is 9.59 Å². The molecule has 4 heteroatoms. The highest BCUT2D eigenvalue weighted by atomic mass is 16.1. The van der Waals surface area contributed by atoms with E-state index >= 15 is 0 Å². The fourth-order valence-corrected chi connectivity index (χ4v) is 4.43. The molecule has 0 bridgehead atoms. The molecule has 1 aliphatic heterocycles. The van der Waals surface area contributed by atoms with Crippen LogP contribution in [0.1, 0.15) is 52.8 Å². The van der Waals surface area contributed by atoms with Gasteiger partial charge < -0.3 is 4.90 Å². The van der Waals surface area contributed by atoms with Crippen molar-refractivity contribution in [1.29, 1.82) is 0 Å². The van der Waals surface area contributed by atoms with Crippen molar-refractivity contribution in [2.45, 2.75) is 32.1 Å². The Hall–Kier alpha value is -2.72. The van der Waals surface area contributed by atoms with Gasteiger partial charge in [-0.2, -0.15) is 0 Å². The number of Topliss-reactive ketones (excluding diaryl/α,β-unsaturated/α-hetero) is 1. The Morgan fingerprint density at radius 1 is 0.700 bits per heavy atom. The molecule has 1 saturated heterocycles. The van der Waals surface area contributed by atoms with Gasteiger partial charge in [-0.25, -0.2) is 0 Å². The molecule has 0 spiro atoms. The number of nitrogens with zero attached hydrogens (tertiary/aromatic N) is 2. The van der Waals surface area contributed by atoms with E-state index in [2.05, 4.69) is 40.1 Å². The van der Waals surface area contributed by atoms with E-state index in [1.165, 1.54) is 18.5 Å². The number of allylic oxidation sites excluding steroid dienone is 2. The summed E-state index contributed by atoms with van der Waals surface area (Å²) < 4.78 is 0. The van der Waals surface area contributed by atoms with Gasteiger partial charge in [-0.1, -0.05) is 55.3 Å². The average molecular weight is 403 g/mol. The topological polar surface area (TPSA) is 40.6 Å². The van der Waals surface area contributed by atoms with Crippen molar-refractivity contribution in [1.82, 2.24) is 4.90 Å². The summed E-state index contributed by atoms with van der Waals surface area (Å²) in [4.78, 5) is 29.8. The second-order valence-electron chi connectivity index (χ2n) is 8.24. The zero-order chi connectivity index (χ0) is 20.8. The van der Waals surface area contributed by atoms with Gasteiger partial charge in [0, 0.05) is 48.6 Å². The van der Waals surface area contributed by atoms with Gasteiger partial charge in [0.15, 0.2) is 11.6 Å². The Morgan fingerprint density at radius 3 is 2.13 bits per heavy atom. The number of ketones is 2. The molecule has 4 nitrogen and oxygen atoms in total. The Kier molecular flexibility index (Phi) is 6.75. The first-order valence-corrected chi connectivity index (χ1v) is 11.1. The van der Waals surface area contributed by atoms with Crippen LogP contribution in [0.4, 0.5) is 5.69 Å². The van der Waals surface area contributed by atoms with Crippen molar-refractivity contribution in [2.75, 3.05) is 37.6 Å². The third kappa shape index (κ3) is 4.88. The largest absolute Gasteiger partial charge is 0.369 e. The molecule has 2 aliphatic rings. The lowest BCUT2D eigenvalue weighted by Crippen LogP contribution is -2.46. The number of hydrogen-bond donors (Lipinski definition) is 0.